The van der Waals surface area contributed by atoms with E-state index in [0.717, 1.165) is 13.0 Å². The largest absolute Gasteiger partial charge is 0.387 e. The molecule has 6 nitrogen and oxygen atoms in total. The summed E-state index contributed by atoms with van der Waals surface area (Å²) < 4.78 is 0. The lowest BCUT2D eigenvalue weighted by Crippen LogP contribution is -2.36. The summed E-state index contributed by atoms with van der Waals surface area (Å²) in [6, 6.07) is 4.81. The van der Waals surface area contributed by atoms with Gasteiger partial charge in [0.25, 0.3) is 5.69 Å². The number of benzene rings is 1. The normalized spacial score (nSPS) is 13.5. The highest BCUT2D eigenvalue weighted by molar-refractivity contribution is 7.98. The fraction of sp³-hybridized carbons (Fsp3) is 0.571. The summed E-state index contributed by atoms with van der Waals surface area (Å²) in [5.41, 5.74) is 0.506. The van der Waals surface area contributed by atoms with Crippen molar-refractivity contribution in [2.24, 2.45) is 0 Å². The van der Waals surface area contributed by atoms with E-state index < -0.39 is 10.5 Å². The van der Waals surface area contributed by atoms with E-state index in [-0.39, 0.29) is 5.69 Å². The fourth-order valence-electron chi connectivity index (χ4n) is 1.84. The Hall–Kier alpha value is -1.47. The number of nitro benzene ring substituents is 1. The molecule has 0 radical (unpaired) electrons. The molecule has 1 aromatic carbocycles. The summed E-state index contributed by atoms with van der Waals surface area (Å²) in [6.07, 6.45) is 2.86. The second-order valence-corrected chi connectivity index (χ2v) is 6.10. The Morgan fingerprint density at radius 2 is 1.95 bits per heavy atom. The van der Waals surface area contributed by atoms with E-state index in [1.165, 1.54) is 12.1 Å². The highest BCUT2D eigenvalue weighted by Gasteiger charge is 2.19. The lowest BCUT2D eigenvalue weighted by molar-refractivity contribution is -0.384. The SMILES string of the molecule is CCCNc1cc(NCC(C)(O)CSC)cc([N+](=O)[O-])c1. The summed E-state index contributed by atoms with van der Waals surface area (Å²) in [5.74, 6) is 0.593. The Kier molecular flexibility index (Phi) is 6.77. The first kappa shape index (κ1) is 17.6. The van der Waals surface area contributed by atoms with Crippen molar-refractivity contribution in [1.82, 2.24) is 0 Å². The van der Waals surface area contributed by atoms with Crippen LogP contribution in [0.15, 0.2) is 18.2 Å². The molecule has 0 saturated heterocycles. The fourth-order valence-corrected chi connectivity index (χ4v) is 2.57. The number of rotatable bonds is 9. The number of nitro groups is 1. The first-order valence-corrected chi connectivity index (χ1v) is 8.26. The predicted molar refractivity (Wildman–Crippen MR) is 89.4 cm³/mol. The monoisotopic (exact) mass is 313 g/mol. The molecule has 1 rings (SSSR count). The molecule has 1 atom stereocenters. The van der Waals surface area contributed by atoms with Crippen molar-refractivity contribution in [3.05, 3.63) is 28.3 Å². The molecule has 0 amide bonds. The number of hydrogen-bond acceptors (Lipinski definition) is 6. The van der Waals surface area contributed by atoms with Gasteiger partial charge in [0.2, 0.25) is 0 Å². The number of anilines is 2. The molecule has 1 unspecified atom stereocenters. The van der Waals surface area contributed by atoms with Crippen LogP contribution in [0.25, 0.3) is 0 Å². The van der Waals surface area contributed by atoms with Gasteiger partial charge in [0, 0.05) is 42.3 Å². The Labute approximate surface area is 129 Å². The third-order valence-corrected chi connectivity index (χ3v) is 3.75. The minimum atomic E-state index is -0.860. The molecule has 0 aliphatic carbocycles. The molecule has 3 N–H and O–H groups in total. The highest BCUT2D eigenvalue weighted by Crippen LogP contribution is 2.25. The highest BCUT2D eigenvalue weighted by atomic mass is 32.2. The van der Waals surface area contributed by atoms with Gasteiger partial charge in [0.1, 0.15) is 0 Å². The molecule has 0 bridgehead atoms. The molecular formula is C14H23N3O3S. The van der Waals surface area contributed by atoms with E-state index in [4.69, 9.17) is 0 Å². The van der Waals surface area contributed by atoms with Crippen LogP contribution in [0.4, 0.5) is 17.1 Å². The Balaban J connectivity index is 2.84. The zero-order valence-corrected chi connectivity index (χ0v) is 13.5. The molecule has 1 aromatic rings. The zero-order valence-electron chi connectivity index (χ0n) is 12.7. The van der Waals surface area contributed by atoms with Gasteiger partial charge in [-0.1, -0.05) is 6.92 Å². The molecule has 21 heavy (non-hydrogen) atoms. The van der Waals surface area contributed by atoms with Crippen LogP contribution >= 0.6 is 11.8 Å². The van der Waals surface area contributed by atoms with Crippen molar-refractivity contribution in [1.29, 1.82) is 0 Å². The molecule has 7 heteroatoms. The van der Waals surface area contributed by atoms with Gasteiger partial charge < -0.3 is 15.7 Å². The molecular weight excluding hydrogens is 290 g/mol. The zero-order chi connectivity index (χ0) is 15.9. The van der Waals surface area contributed by atoms with Gasteiger partial charge in [-0.25, -0.2) is 0 Å². The standard InChI is InChI=1S/C14H23N3O3S/c1-4-5-15-11-6-12(8-13(7-11)17(19)20)16-9-14(2,18)10-21-3/h6-8,15-16,18H,4-5,9-10H2,1-3H3. The van der Waals surface area contributed by atoms with E-state index in [1.54, 1.807) is 18.7 Å². The molecule has 0 saturated carbocycles. The van der Waals surface area contributed by atoms with Gasteiger partial charge in [-0.2, -0.15) is 11.8 Å². The predicted octanol–water partition coefficient (Wildman–Crippen LogP) is 2.94. The molecule has 0 aliphatic rings. The molecule has 0 aliphatic heterocycles. The molecule has 0 heterocycles. The molecule has 0 spiro atoms. The van der Waals surface area contributed by atoms with Crippen LogP contribution in [0.1, 0.15) is 20.3 Å². The Morgan fingerprint density at radius 1 is 1.33 bits per heavy atom. The summed E-state index contributed by atoms with van der Waals surface area (Å²) >= 11 is 1.56. The van der Waals surface area contributed by atoms with Crippen molar-refractivity contribution in [2.45, 2.75) is 25.9 Å². The van der Waals surface area contributed by atoms with Crippen molar-refractivity contribution in [2.75, 3.05) is 35.7 Å². The lowest BCUT2D eigenvalue weighted by Gasteiger charge is -2.23. The van der Waals surface area contributed by atoms with Crippen molar-refractivity contribution in [3.63, 3.8) is 0 Å². The minimum absolute atomic E-state index is 0.0307. The van der Waals surface area contributed by atoms with Crippen molar-refractivity contribution in [3.8, 4) is 0 Å². The van der Waals surface area contributed by atoms with Crippen LogP contribution in [0.5, 0.6) is 0 Å². The average molecular weight is 313 g/mol. The number of nitrogens with one attached hydrogen (secondary N) is 2. The maximum absolute atomic E-state index is 11.0. The maximum Gasteiger partial charge on any atom is 0.273 e. The smallest absolute Gasteiger partial charge is 0.273 e. The van der Waals surface area contributed by atoms with Gasteiger partial charge in [-0.05, 0) is 25.7 Å². The van der Waals surface area contributed by atoms with Crippen LogP contribution in [-0.4, -0.2) is 40.7 Å². The van der Waals surface area contributed by atoms with Crippen molar-refractivity contribution < 1.29 is 10.0 Å². The van der Waals surface area contributed by atoms with Gasteiger partial charge >= 0.3 is 0 Å². The summed E-state index contributed by atoms with van der Waals surface area (Å²) in [7, 11) is 0. The van der Waals surface area contributed by atoms with Crippen LogP contribution in [0.2, 0.25) is 0 Å². The summed E-state index contributed by atoms with van der Waals surface area (Å²) in [6.45, 7) is 4.86. The van der Waals surface area contributed by atoms with E-state index in [0.29, 0.717) is 23.7 Å². The first-order valence-electron chi connectivity index (χ1n) is 6.86. The number of non-ortho nitro benzene ring substituents is 1. The third kappa shape index (κ3) is 6.22. The van der Waals surface area contributed by atoms with Crippen molar-refractivity contribution >= 4 is 28.8 Å². The van der Waals surface area contributed by atoms with E-state index >= 15 is 0 Å². The van der Waals surface area contributed by atoms with Gasteiger partial charge in [-0.15, -0.1) is 0 Å². The van der Waals surface area contributed by atoms with Gasteiger partial charge in [0.15, 0.2) is 0 Å². The number of nitrogens with zero attached hydrogens (tertiary/aromatic N) is 1. The Bertz CT molecular complexity index is 481. The molecule has 0 aromatic heterocycles. The third-order valence-electron chi connectivity index (χ3n) is 2.84. The summed E-state index contributed by atoms with van der Waals surface area (Å²) in [4.78, 5) is 10.6. The summed E-state index contributed by atoms with van der Waals surface area (Å²) in [5, 5.41) is 27.3. The van der Waals surface area contributed by atoms with Gasteiger partial charge in [-0.3, -0.25) is 10.1 Å². The maximum atomic E-state index is 11.0. The van der Waals surface area contributed by atoms with Crippen LogP contribution < -0.4 is 10.6 Å². The average Bonchev–Trinajstić information content (AvgIpc) is 2.43. The second-order valence-electron chi connectivity index (χ2n) is 5.24. The lowest BCUT2D eigenvalue weighted by atomic mass is 10.1. The number of hydrogen-bond donors (Lipinski definition) is 3. The van der Waals surface area contributed by atoms with Gasteiger partial charge in [0.05, 0.1) is 10.5 Å². The minimum Gasteiger partial charge on any atom is -0.387 e. The van der Waals surface area contributed by atoms with Crippen LogP contribution in [0.3, 0.4) is 0 Å². The number of aliphatic hydroxyl groups is 1. The topological polar surface area (TPSA) is 87.4 Å². The number of thioether (sulfide) groups is 1. The van der Waals surface area contributed by atoms with E-state index in [1.807, 2.05) is 19.2 Å². The van der Waals surface area contributed by atoms with E-state index in [2.05, 4.69) is 10.6 Å². The Morgan fingerprint density at radius 3 is 2.48 bits per heavy atom. The van der Waals surface area contributed by atoms with Crippen LogP contribution in [0, 0.1) is 10.1 Å². The molecule has 0 fully saturated rings. The first-order chi connectivity index (χ1) is 9.88. The van der Waals surface area contributed by atoms with Crippen LogP contribution in [-0.2, 0) is 0 Å². The second kappa shape index (κ2) is 8.09. The quantitative estimate of drug-likeness (QED) is 0.480. The molecule has 118 valence electrons. The van der Waals surface area contributed by atoms with E-state index in [9.17, 15) is 15.2 Å².